The Morgan fingerprint density at radius 2 is 1.53 bits per heavy atom. The van der Waals surface area contributed by atoms with Gasteiger partial charge < -0.3 is 9.80 Å². The summed E-state index contributed by atoms with van der Waals surface area (Å²) in [5, 5.41) is 0. The summed E-state index contributed by atoms with van der Waals surface area (Å²) in [6.07, 6.45) is 4.00. The fraction of sp³-hybridized carbons (Fsp3) is 1.00. The topological polar surface area (TPSA) is 6.48 Å². The maximum atomic E-state index is 2.63. The summed E-state index contributed by atoms with van der Waals surface area (Å²) in [4.78, 5) is 5.05. The highest BCUT2D eigenvalue weighted by Gasteiger charge is 2.21. The number of hydrogen-bond donors (Lipinski definition) is 0. The van der Waals surface area contributed by atoms with Gasteiger partial charge in [-0.3, -0.25) is 0 Å². The molecule has 1 saturated heterocycles. The van der Waals surface area contributed by atoms with Crippen LogP contribution in [0.2, 0.25) is 0 Å². The van der Waals surface area contributed by atoms with Crippen molar-refractivity contribution in [1.29, 1.82) is 0 Å². The summed E-state index contributed by atoms with van der Waals surface area (Å²) in [6.45, 7) is 13.4. The maximum Gasteiger partial charge on any atom is 0.0110 e. The molecule has 1 fully saturated rings. The molecule has 0 amide bonds. The standard InChI is InChI=1S/C13H28N2/c1-5-13(3,6-2)7-8-15-11-9-14(4)10-12-15/h5-12H2,1-4H3. The van der Waals surface area contributed by atoms with Crippen molar-refractivity contribution in [1.82, 2.24) is 9.80 Å². The highest BCUT2D eigenvalue weighted by molar-refractivity contribution is 4.75. The Bertz CT molecular complexity index is 167. The number of likely N-dealkylation sites (N-methyl/N-ethyl adjacent to an activating group) is 1. The molecule has 0 bridgehead atoms. The Balaban J connectivity index is 2.24. The number of piperazine rings is 1. The van der Waals surface area contributed by atoms with Crippen LogP contribution >= 0.6 is 0 Å². The molecule has 15 heavy (non-hydrogen) atoms. The largest absolute Gasteiger partial charge is 0.304 e. The van der Waals surface area contributed by atoms with Crippen LogP contribution in [-0.4, -0.2) is 49.6 Å². The number of nitrogens with zero attached hydrogens (tertiary/aromatic N) is 2. The van der Waals surface area contributed by atoms with E-state index < -0.39 is 0 Å². The van der Waals surface area contributed by atoms with E-state index in [4.69, 9.17) is 0 Å². The lowest BCUT2D eigenvalue weighted by atomic mass is 9.81. The van der Waals surface area contributed by atoms with Crippen LogP contribution in [0.15, 0.2) is 0 Å². The summed E-state index contributed by atoms with van der Waals surface area (Å²) < 4.78 is 0. The molecular formula is C13H28N2. The van der Waals surface area contributed by atoms with Gasteiger partial charge in [0, 0.05) is 26.2 Å². The Hall–Kier alpha value is -0.0800. The third-order valence-electron chi connectivity index (χ3n) is 4.33. The van der Waals surface area contributed by atoms with Gasteiger partial charge in [0.05, 0.1) is 0 Å². The van der Waals surface area contributed by atoms with Crippen molar-refractivity contribution in [3.05, 3.63) is 0 Å². The van der Waals surface area contributed by atoms with Crippen LogP contribution in [-0.2, 0) is 0 Å². The van der Waals surface area contributed by atoms with Gasteiger partial charge in [0.2, 0.25) is 0 Å². The molecule has 0 radical (unpaired) electrons. The highest BCUT2D eigenvalue weighted by Crippen LogP contribution is 2.29. The molecule has 1 rings (SSSR count). The quantitative estimate of drug-likeness (QED) is 0.691. The smallest absolute Gasteiger partial charge is 0.0110 e. The average Bonchev–Trinajstić information content (AvgIpc) is 2.28. The van der Waals surface area contributed by atoms with Gasteiger partial charge in [-0.2, -0.15) is 0 Å². The Kier molecular flexibility index (Phi) is 5.07. The zero-order chi connectivity index (χ0) is 11.3. The van der Waals surface area contributed by atoms with E-state index in [-0.39, 0.29) is 0 Å². The SMILES string of the molecule is CCC(C)(CC)CCN1CCN(C)CC1. The Labute approximate surface area is 95.6 Å². The van der Waals surface area contributed by atoms with Crippen LogP contribution in [0.25, 0.3) is 0 Å². The van der Waals surface area contributed by atoms with Crippen LogP contribution in [0.1, 0.15) is 40.0 Å². The first kappa shape index (κ1) is 13.0. The third-order valence-corrected chi connectivity index (χ3v) is 4.33. The van der Waals surface area contributed by atoms with Crippen LogP contribution in [0.5, 0.6) is 0 Å². The first-order chi connectivity index (χ1) is 7.09. The lowest BCUT2D eigenvalue weighted by molar-refractivity contribution is 0.130. The minimum atomic E-state index is 0.573. The molecule has 0 N–H and O–H groups in total. The van der Waals surface area contributed by atoms with E-state index in [1.165, 1.54) is 52.0 Å². The van der Waals surface area contributed by atoms with Crippen molar-refractivity contribution in [2.45, 2.75) is 40.0 Å². The van der Waals surface area contributed by atoms with E-state index in [1.54, 1.807) is 0 Å². The summed E-state index contributed by atoms with van der Waals surface area (Å²) >= 11 is 0. The highest BCUT2D eigenvalue weighted by atomic mass is 15.2. The first-order valence-electron chi connectivity index (χ1n) is 6.50. The maximum absolute atomic E-state index is 2.63. The lowest BCUT2D eigenvalue weighted by Crippen LogP contribution is -2.45. The van der Waals surface area contributed by atoms with Crippen LogP contribution < -0.4 is 0 Å². The molecule has 2 heteroatoms. The lowest BCUT2D eigenvalue weighted by Gasteiger charge is -2.35. The fourth-order valence-electron chi connectivity index (χ4n) is 2.10. The van der Waals surface area contributed by atoms with Gasteiger partial charge in [-0.15, -0.1) is 0 Å². The molecular weight excluding hydrogens is 184 g/mol. The number of rotatable bonds is 5. The molecule has 0 spiro atoms. The molecule has 2 nitrogen and oxygen atoms in total. The second kappa shape index (κ2) is 5.86. The van der Waals surface area contributed by atoms with Crippen molar-refractivity contribution in [2.24, 2.45) is 5.41 Å². The minimum absolute atomic E-state index is 0.573. The Morgan fingerprint density at radius 1 is 1.00 bits per heavy atom. The van der Waals surface area contributed by atoms with Crippen molar-refractivity contribution < 1.29 is 0 Å². The van der Waals surface area contributed by atoms with Gasteiger partial charge in [-0.25, -0.2) is 0 Å². The summed E-state index contributed by atoms with van der Waals surface area (Å²) in [5.41, 5.74) is 0.573. The molecule has 0 atom stereocenters. The third kappa shape index (κ3) is 4.12. The zero-order valence-electron chi connectivity index (χ0n) is 11.1. The van der Waals surface area contributed by atoms with Crippen molar-refractivity contribution in [3.8, 4) is 0 Å². The minimum Gasteiger partial charge on any atom is -0.304 e. The fourth-order valence-corrected chi connectivity index (χ4v) is 2.10. The molecule has 90 valence electrons. The van der Waals surface area contributed by atoms with Gasteiger partial charge in [0.15, 0.2) is 0 Å². The predicted molar refractivity (Wildman–Crippen MR) is 67.2 cm³/mol. The van der Waals surface area contributed by atoms with Gasteiger partial charge in [0.25, 0.3) is 0 Å². The van der Waals surface area contributed by atoms with E-state index in [1.807, 2.05) is 0 Å². The molecule has 0 aromatic carbocycles. The molecule has 0 aromatic heterocycles. The van der Waals surface area contributed by atoms with Crippen molar-refractivity contribution >= 4 is 0 Å². The molecule has 0 unspecified atom stereocenters. The predicted octanol–water partition coefficient (Wildman–Crippen LogP) is 2.45. The molecule has 0 saturated carbocycles. The Morgan fingerprint density at radius 3 is 2.00 bits per heavy atom. The number of hydrogen-bond acceptors (Lipinski definition) is 2. The van der Waals surface area contributed by atoms with Crippen LogP contribution in [0.4, 0.5) is 0 Å². The van der Waals surface area contributed by atoms with Gasteiger partial charge in [-0.05, 0) is 25.4 Å². The van der Waals surface area contributed by atoms with Gasteiger partial charge in [-0.1, -0.05) is 33.6 Å². The van der Waals surface area contributed by atoms with Crippen LogP contribution in [0, 0.1) is 5.41 Å². The van der Waals surface area contributed by atoms with Gasteiger partial charge in [0.1, 0.15) is 0 Å². The summed E-state index contributed by atoms with van der Waals surface area (Å²) in [7, 11) is 2.22. The molecule has 0 aromatic rings. The summed E-state index contributed by atoms with van der Waals surface area (Å²) in [6, 6.07) is 0. The van der Waals surface area contributed by atoms with E-state index in [9.17, 15) is 0 Å². The monoisotopic (exact) mass is 212 g/mol. The second-order valence-electron chi connectivity index (χ2n) is 5.41. The molecule has 1 aliphatic heterocycles. The van der Waals surface area contributed by atoms with Gasteiger partial charge >= 0.3 is 0 Å². The normalized spacial score (nSPS) is 20.8. The average molecular weight is 212 g/mol. The molecule has 1 heterocycles. The van der Waals surface area contributed by atoms with E-state index in [0.29, 0.717) is 5.41 Å². The molecule has 1 aliphatic rings. The molecule has 0 aliphatic carbocycles. The first-order valence-corrected chi connectivity index (χ1v) is 6.50. The van der Waals surface area contributed by atoms with Crippen LogP contribution in [0.3, 0.4) is 0 Å². The van der Waals surface area contributed by atoms with Crippen molar-refractivity contribution in [2.75, 3.05) is 39.8 Å². The second-order valence-corrected chi connectivity index (χ2v) is 5.41. The summed E-state index contributed by atoms with van der Waals surface area (Å²) in [5.74, 6) is 0. The van der Waals surface area contributed by atoms with E-state index in [0.717, 1.165) is 0 Å². The van der Waals surface area contributed by atoms with Crippen molar-refractivity contribution in [3.63, 3.8) is 0 Å². The van der Waals surface area contributed by atoms with E-state index >= 15 is 0 Å². The zero-order valence-corrected chi connectivity index (χ0v) is 11.1. The van der Waals surface area contributed by atoms with E-state index in [2.05, 4.69) is 37.6 Å².